The van der Waals surface area contributed by atoms with Crippen molar-refractivity contribution in [3.05, 3.63) is 54.4 Å². The van der Waals surface area contributed by atoms with E-state index in [1.807, 2.05) is 18.6 Å². The number of hydrogen-bond donors (Lipinski definition) is 2. The number of fused-ring (bicyclic) bond motifs is 2. The maximum atomic E-state index is 6.44. The first-order valence-corrected chi connectivity index (χ1v) is 11.8. The summed E-state index contributed by atoms with van der Waals surface area (Å²) in [4.78, 5) is 13.1. The number of aromatic nitrogens is 3. The molecule has 0 saturated carbocycles. The van der Waals surface area contributed by atoms with Crippen molar-refractivity contribution in [1.82, 2.24) is 25.0 Å². The molecule has 0 spiro atoms. The summed E-state index contributed by atoms with van der Waals surface area (Å²) in [6.45, 7) is 9.84. The van der Waals surface area contributed by atoms with E-state index in [1.54, 1.807) is 0 Å². The van der Waals surface area contributed by atoms with Gasteiger partial charge in [0.1, 0.15) is 6.10 Å². The fourth-order valence-electron chi connectivity index (χ4n) is 5.15. The zero-order valence-electron chi connectivity index (χ0n) is 19.2. The second kappa shape index (κ2) is 8.41. The van der Waals surface area contributed by atoms with Gasteiger partial charge in [0.15, 0.2) is 6.23 Å². The number of aliphatic imine (C=N–C) groups is 1. The molecule has 0 radical (unpaired) electrons. The minimum Gasteiger partial charge on any atom is -0.361 e. The van der Waals surface area contributed by atoms with E-state index in [0.29, 0.717) is 6.04 Å². The Morgan fingerprint density at radius 1 is 1.06 bits per heavy atom. The number of piperazine rings is 1. The molecule has 7 heteroatoms. The van der Waals surface area contributed by atoms with E-state index >= 15 is 0 Å². The van der Waals surface area contributed by atoms with Crippen molar-refractivity contribution in [2.24, 2.45) is 4.99 Å². The molecule has 7 nitrogen and oxygen atoms in total. The van der Waals surface area contributed by atoms with Gasteiger partial charge in [0.05, 0.1) is 11.7 Å². The Hall–Kier alpha value is -3.00. The molecule has 2 aromatic heterocycles. The van der Waals surface area contributed by atoms with Crippen LogP contribution in [0.5, 0.6) is 0 Å². The van der Waals surface area contributed by atoms with E-state index < -0.39 is 0 Å². The van der Waals surface area contributed by atoms with E-state index in [-0.39, 0.29) is 12.3 Å². The molecule has 2 aliphatic heterocycles. The van der Waals surface area contributed by atoms with Gasteiger partial charge in [-0.2, -0.15) is 5.10 Å². The lowest BCUT2D eigenvalue weighted by atomic mass is 9.97. The van der Waals surface area contributed by atoms with Gasteiger partial charge in [-0.05, 0) is 49.2 Å². The fraction of sp³-hybridized carbons (Fsp3) is 0.385. The van der Waals surface area contributed by atoms with Crippen molar-refractivity contribution in [3.63, 3.8) is 0 Å². The second-order valence-corrected chi connectivity index (χ2v) is 9.40. The van der Waals surface area contributed by atoms with Crippen molar-refractivity contribution >= 4 is 28.0 Å². The van der Waals surface area contributed by atoms with Gasteiger partial charge in [-0.3, -0.25) is 19.9 Å². The van der Waals surface area contributed by atoms with Crippen LogP contribution in [0.4, 0.5) is 0 Å². The fourth-order valence-corrected chi connectivity index (χ4v) is 5.15. The van der Waals surface area contributed by atoms with Gasteiger partial charge in [-0.1, -0.05) is 12.1 Å². The maximum absolute atomic E-state index is 6.44. The molecule has 4 heterocycles. The number of nitrogens with one attached hydrogen (secondary N) is 2. The van der Waals surface area contributed by atoms with E-state index in [0.717, 1.165) is 60.3 Å². The summed E-state index contributed by atoms with van der Waals surface area (Å²) in [5, 5.41) is 9.72. The molecule has 4 aromatic rings. The van der Waals surface area contributed by atoms with Gasteiger partial charge in [0.25, 0.3) is 0 Å². The van der Waals surface area contributed by atoms with Gasteiger partial charge in [0, 0.05) is 73.0 Å². The highest BCUT2D eigenvalue weighted by Gasteiger charge is 2.28. The Morgan fingerprint density at radius 2 is 1.94 bits per heavy atom. The average Bonchev–Trinajstić information content (AvgIpc) is 3.59. The van der Waals surface area contributed by atoms with E-state index in [4.69, 9.17) is 9.73 Å². The molecule has 2 atom stereocenters. The average molecular weight is 443 g/mol. The summed E-state index contributed by atoms with van der Waals surface area (Å²) >= 11 is 0. The standard InChI is InChI=1S/C26H30N6O/c1-17(2)32-10-8-31(9-11-32)16-19-14-28-26(33-19)22-12-18(13-25-23(22)15-29-30-25)20-4-3-5-24-21(20)6-7-27-24/h3-7,12-15,17,19,26-27H,8-11,16H2,1-2H3,(H,29,30). The topological polar surface area (TPSA) is 72.5 Å². The molecule has 1 fully saturated rings. The van der Waals surface area contributed by atoms with Crippen molar-refractivity contribution in [3.8, 4) is 11.1 Å². The van der Waals surface area contributed by atoms with Crippen LogP contribution in [0.15, 0.2) is 53.8 Å². The summed E-state index contributed by atoms with van der Waals surface area (Å²) in [5.41, 5.74) is 5.52. The SMILES string of the molecule is CC(C)N1CCN(CC2C=NC(c3cc(-c4cccc5[nH]ccc45)cc4[nH]ncc34)O2)CC1. The Bertz CT molecular complexity index is 1300. The van der Waals surface area contributed by atoms with Crippen molar-refractivity contribution in [2.45, 2.75) is 32.2 Å². The zero-order valence-corrected chi connectivity index (χ0v) is 19.2. The molecule has 2 N–H and O–H groups in total. The molecule has 2 aliphatic rings. The Morgan fingerprint density at radius 3 is 2.79 bits per heavy atom. The smallest absolute Gasteiger partial charge is 0.175 e. The van der Waals surface area contributed by atoms with Crippen LogP contribution in [0, 0.1) is 0 Å². The molecule has 0 aliphatic carbocycles. The van der Waals surface area contributed by atoms with E-state index in [1.165, 1.54) is 10.9 Å². The van der Waals surface area contributed by atoms with Crippen LogP contribution in [0.2, 0.25) is 0 Å². The molecule has 33 heavy (non-hydrogen) atoms. The molecule has 2 aromatic carbocycles. The number of benzene rings is 2. The van der Waals surface area contributed by atoms with Crippen LogP contribution in [-0.4, -0.2) is 76.1 Å². The normalized spacial score (nSPS) is 22.3. The molecule has 0 bridgehead atoms. The van der Waals surface area contributed by atoms with Crippen LogP contribution in [0.3, 0.4) is 0 Å². The van der Waals surface area contributed by atoms with Crippen molar-refractivity contribution in [2.75, 3.05) is 32.7 Å². The second-order valence-electron chi connectivity index (χ2n) is 9.40. The van der Waals surface area contributed by atoms with Crippen LogP contribution in [-0.2, 0) is 4.74 Å². The molecule has 170 valence electrons. The van der Waals surface area contributed by atoms with Gasteiger partial charge < -0.3 is 9.72 Å². The highest BCUT2D eigenvalue weighted by Crippen LogP contribution is 2.36. The Kier molecular flexibility index (Phi) is 5.25. The summed E-state index contributed by atoms with van der Waals surface area (Å²) in [6.07, 6.45) is 5.56. The first-order chi connectivity index (χ1) is 16.2. The Labute approximate surface area is 193 Å². The van der Waals surface area contributed by atoms with Crippen LogP contribution < -0.4 is 0 Å². The first-order valence-electron chi connectivity index (χ1n) is 11.8. The third kappa shape index (κ3) is 3.86. The van der Waals surface area contributed by atoms with Crippen LogP contribution >= 0.6 is 0 Å². The molecule has 2 unspecified atom stereocenters. The molecule has 0 amide bonds. The quantitative estimate of drug-likeness (QED) is 0.486. The predicted molar refractivity (Wildman–Crippen MR) is 133 cm³/mol. The van der Waals surface area contributed by atoms with E-state index in [2.05, 4.69) is 75.2 Å². The predicted octanol–water partition coefficient (Wildman–Crippen LogP) is 4.21. The zero-order chi connectivity index (χ0) is 22.4. The first kappa shape index (κ1) is 20.6. The summed E-state index contributed by atoms with van der Waals surface area (Å²) in [6, 6.07) is 13.5. The lowest BCUT2D eigenvalue weighted by Gasteiger charge is -2.37. The molecule has 1 saturated heterocycles. The summed E-state index contributed by atoms with van der Waals surface area (Å²) in [7, 11) is 0. The van der Waals surface area contributed by atoms with E-state index in [9.17, 15) is 0 Å². The lowest BCUT2D eigenvalue weighted by Crippen LogP contribution is -2.50. The number of hydrogen-bond acceptors (Lipinski definition) is 5. The lowest BCUT2D eigenvalue weighted by molar-refractivity contribution is 0.0176. The number of rotatable bonds is 5. The number of nitrogens with zero attached hydrogens (tertiary/aromatic N) is 4. The summed E-state index contributed by atoms with van der Waals surface area (Å²) in [5.74, 6) is 0. The van der Waals surface area contributed by atoms with Crippen molar-refractivity contribution < 1.29 is 4.74 Å². The highest BCUT2D eigenvalue weighted by molar-refractivity contribution is 5.98. The number of H-pyrrole nitrogens is 2. The number of aromatic amines is 2. The molecular formula is C26H30N6O. The molecular weight excluding hydrogens is 412 g/mol. The van der Waals surface area contributed by atoms with Crippen molar-refractivity contribution in [1.29, 1.82) is 0 Å². The summed E-state index contributed by atoms with van der Waals surface area (Å²) < 4.78 is 6.44. The molecule has 6 rings (SSSR count). The third-order valence-electron chi connectivity index (χ3n) is 7.03. The van der Waals surface area contributed by atoms with Crippen LogP contribution in [0.25, 0.3) is 32.9 Å². The van der Waals surface area contributed by atoms with Gasteiger partial charge in [-0.15, -0.1) is 0 Å². The van der Waals surface area contributed by atoms with Gasteiger partial charge in [0.2, 0.25) is 0 Å². The number of ether oxygens (including phenoxy) is 1. The Balaban J connectivity index is 1.24. The van der Waals surface area contributed by atoms with Gasteiger partial charge in [-0.25, -0.2) is 0 Å². The largest absolute Gasteiger partial charge is 0.361 e. The maximum Gasteiger partial charge on any atom is 0.175 e. The minimum atomic E-state index is -0.308. The highest BCUT2D eigenvalue weighted by atomic mass is 16.5. The van der Waals surface area contributed by atoms with Crippen LogP contribution in [0.1, 0.15) is 25.6 Å². The van der Waals surface area contributed by atoms with Gasteiger partial charge >= 0.3 is 0 Å². The monoisotopic (exact) mass is 442 g/mol. The third-order valence-corrected chi connectivity index (χ3v) is 7.03. The minimum absolute atomic E-state index is 0.0133.